The minimum absolute atomic E-state index is 0.531. The number of alkyl halides is 1. The van der Waals surface area contributed by atoms with Crippen LogP contribution in [0.4, 0.5) is 0 Å². The first kappa shape index (κ1) is 14.7. The Morgan fingerprint density at radius 3 is 2.59 bits per heavy atom. The highest BCUT2D eigenvalue weighted by Crippen LogP contribution is 2.17. The Morgan fingerprint density at radius 1 is 1.14 bits per heavy atom. The molecule has 22 heavy (non-hydrogen) atoms. The van der Waals surface area contributed by atoms with Gasteiger partial charge in [-0.05, 0) is 19.1 Å². The molecular formula is C17H15BrN4. The predicted octanol–water partition coefficient (Wildman–Crippen LogP) is 3.75. The molecule has 4 nitrogen and oxygen atoms in total. The molecule has 0 aliphatic carbocycles. The molecule has 2 aromatic rings. The summed E-state index contributed by atoms with van der Waals surface area (Å²) in [4.78, 5) is 13.4. The van der Waals surface area contributed by atoms with Crippen LogP contribution in [-0.4, -0.2) is 22.1 Å². The predicted molar refractivity (Wildman–Crippen MR) is 94.3 cm³/mol. The smallest absolute Gasteiger partial charge is 0.174 e. The number of hydrogen-bond donors (Lipinski definition) is 1. The van der Waals surface area contributed by atoms with Crippen LogP contribution in [0.25, 0.3) is 11.3 Å². The van der Waals surface area contributed by atoms with E-state index in [4.69, 9.17) is 0 Å². The van der Waals surface area contributed by atoms with Gasteiger partial charge in [0.15, 0.2) is 5.84 Å². The number of benzene rings is 1. The lowest BCUT2D eigenvalue weighted by atomic mass is 10.1. The van der Waals surface area contributed by atoms with Gasteiger partial charge in [0.25, 0.3) is 0 Å². The molecule has 3 rings (SSSR count). The van der Waals surface area contributed by atoms with Gasteiger partial charge in [0.2, 0.25) is 0 Å². The van der Waals surface area contributed by atoms with E-state index in [0.29, 0.717) is 11.3 Å². The summed E-state index contributed by atoms with van der Waals surface area (Å²) in [5.41, 5.74) is 4.44. The fourth-order valence-electron chi connectivity index (χ4n) is 2.21. The molecule has 0 saturated heterocycles. The topological polar surface area (TPSA) is 49.6 Å². The van der Waals surface area contributed by atoms with Crippen molar-refractivity contribution in [3.05, 3.63) is 66.0 Å². The van der Waals surface area contributed by atoms with Crippen LogP contribution in [0, 0.1) is 0 Å². The highest BCUT2D eigenvalue weighted by molar-refractivity contribution is 9.09. The van der Waals surface area contributed by atoms with Crippen molar-refractivity contribution in [2.24, 2.45) is 9.98 Å². The molecule has 0 saturated carbocycles. The first-order chi connectivity index (χ1) is 10.8. The molecule has 110 valence electrons. The average Bonchev–Trinajstić information content (AvgIpc) is 2.99. The van der Waals surface area contributed by atoms with E-state index in [9.17, 15) is 0 Å². The molecule has 1 aliphatic rings. The van der Waals surface area contributed by atoms with Crippen LogP contribution in [0.1, 0.15) is 12.5 Å². The molecule has 1 N–H and O–H groups in total. The van der Waals surface area contributed by atoms with Gasteiger partial charge >= 0.3 is 0 Å². The molecule has 1 aliphatic heterocycles. The quantitative estimate of drug-likeness (QED) is 0.673. The van der Waals surface area contributed by atoms with Crippen molar-refractivity contribution in [1.29, 1.82) is 0 Å². The van der Waals surface area contributed by atoms with Crippen LogP contribution >= 0.6 is 15.9 Å². The van der Waals surface area contributed by atoms with Crippen LogP contribution in [0.2, 0.25) is 0 Å². The maximum atomic E-state index is 4.53. The van der Waals surface area contributed by atoms with E-state index in [1.54, 1.807) is 0 Å². The third kappa shape index (κ3) is 2.99. The average molecular weight is 355 g/mol. The molecular weight excluding hydrogens is 340 g/mol. The maximum Gasteiger partial charge on any atom is 0.174 e. The van der Waals surface area contributed by atoms with Gasteiger partial charge in [-0.25, -0.2) is 4.99 Å². The zero-order valence-electron chi connectivity index (χ0n) is 12.1. The van der Waals surface area contributed by atoms with Crippen LogP contribution in [0.3, 0.4) is 0 Å². The van der Waals surface area contributed by atoms with Gasteiger partial charge < -0.3 is 5.32 Å². The number of nitrogens with one attached hydrogen (secondary N) is 1. The standard InChI is InChI=1S/C17H15BrN4/c1-2-14-17(20-11-18)22-16(21-14)13-8-9-15(19-10-13)12-6-4-3-5-7-12/h2-10H,11H2,1H3,(H,20,21,22)/b14-2+. The van der Waals surface area contributed by atoms with Crippen molar-refractivity contribution in [1.82, 2.24) is 10.3 Å². The highest BCUT2D eigenvalue weighted by Gasteiger charge is 2.18. The SMILES string of the molecule is C/C=C1/NC(c2ccc(-c3ccccc3)nc2)=N/C1=N/CBr. The molecule has 0 radical (unpaired) electrons. The summed E-state index contributed by atoms with van der Waals surface area (Å²) in [5, 5.41) is 3.27. The molecule has 0 spiro atoms. The number of aliphatic imine (C=N–C) groups is 2. The number of hydrogen-bond acceptors (Lipinski definition) is 3. The van der Waals surface area contributed by atoms with E-state index in [1.807, 2.05) is 61.7 Å². The van der Waals surface area contributed by atoms with Gasteiger partial charge in [0, 0.05) is 17.3 Å². The maximum absolute atomic E-state index is 4.53. The second kappa shape index (κ2) is 6.66. The van der Waals surface area contributed by atoms with Crippen molar-refractivity contribution in [2.45, 2.75) is 6.92 Å². The first-order valence-corrected chi connectivity index (χ1v) is 8.08. The Bertz CT molecular complexity index is 746. The Balaban J connectivity index is 1.88. The van der Waals surface area contributed by atoms with Gasteiger partial charge in [0.05, 0.1) is 16.8 Å². The molecule has 1 aromatic carbocycles. The molecule has 0 amide bonds. The van der Waals surface area contributed by atoms with Crippen LogP contribution in [0.5, 0.6) is 0 Å². The number of rotatable bonds is 3. The Morgan fingerprint density at radius 2 is 1.95 bits per heavy atom. The normalized spacial score (nSPS) is 17.6. The summed E-state index contributed by atoms with van der Waals surface area (Å²) >= 11 is 3.30. The van der Waals surface area contributed by atoms with Gasteiger partial charge in [-0.2, -0.15) is 0 Å². The molecule has 0 bridgehead atoms. The summed E-state index contributed by atoms with van der Waals surface area (Å²) < 4.78 is 0. The van der Waals surface area contributed by atoms with Gasteiger partial charge in [-0.15, -0.1) is 0 Å². The molecule has 2 heterocycles. The third-order valence-electron chi connectivity index (χ3n) is 3.32. The minimum Gasteiger partial charge on any atom is -0.337 e. The number of aromatic nitrogens is 1. The lowest BCUT2D eigenvalue weighted by Crippen LogP contribution is -2.19. The summed E-state index contributed by atoms with van der Waals surface area (Å²) in [6.07, 6.45) is 3.79. The van der Waals surface area contributed by atoms with Crippen LogP contribution < -0.4 is 5.32 Å². The fourth-order valence-corrected chi connectivity index (χ4v) is 2.44. The molecule has 1 aromatic heterocycles. The largest absolute Gasteiger partial charge is 0.337 e. The van der Waals surface area contributed by atoms with Crippen molar-refractivity contribution >= 4 is 27.6 Å². The zero-order valence-corrected chi connectivity index (χ0v) is 13.7. The van der Waals surface area contributed by atoms with E-state index in [2.05, 4.69) is 36.2 Å². The Kier molecular flexibility index (Phi) is 4.44. The number of allylic oxidation sites excluding steroid dienone is 1. The Labute approximate surface area is 137 Å². The zero-order chi connectivity index (χ0) is 15.4. The van der Waals surface area contributed by atoms with Crippen LogP contribution in [0.15, 0.2) is 70.4 Å². The van der Waals surface area contributed by atoms with Crippen molar-refractivity contribution in [3.63, 3.8) is 0 Å². The molecule has 0 unspecified atom stereocenters. The van der Waals surface area contributed by atoms with E-state index in [-0.39, 0.29) is 0 Å². The molecule has 0 fully saturated rings. The number of halogens is 1. The van der Waals surface area contributed by atoms with Crippen molar-refractivity contribution in [2.75, 3.05) is 5.45 Å². The number of pyridine rings is 1. The highest BCUT2D eigenvalue weighted by atomic mass is 79.9. The van der Waals surface area contributed by atoms with Gasteiger partial charge in [-0.1, -0.05) is 52.3 Å². The monoisotopic (exact) mass is 354 g/mol. The van der Waals surface area contributed by atoms with Crippen molar-refractivity contribution < 1.29 is 0 Å². The summed E-state index contributed by atoms with van der Waals surface area (Å²) in [7, 11) is 0. The first-order valence-electron chi connectivity index (χ1n) is 6.96. The summed E-state index contributed by atoms with van der Waals surface area (Å²) in [6.45, 7) is 1.96. The van der Waals surface area contributed by atoms with E-state index in [0.717, 1.165) is 28.4 Å². The van der Waals surface area contributed by atoms with Gasteiger partial charge in [0.1, 0.15) is 5.84 Å². The van der Waals surface area contributed by atoms with Crippen molar-refractivity contribution in [3.8, 4) is 11.3 Å². The molecule has 0 atom stereocenters. The van der Waals surface area contributed by atoms with E-state index >= 15 is 0 Å². The second-order valence-corrected chi connectivity index (χ2v) is 5.19. The van der Waals surface area contributed by atoms with Gasteiger partial charge in [-0.3, -0.25) is 9.98 Å². The second-order valence-electron chi connectivity index (χ2n) is 4.69. The minimum atomic E-state index is 0.531. The lowest BCUT2D eigenvalue weighted by molar-refractivity contribution is 1.21. The Hall–Kier alpha value is -2.27. The molecule has 5 heteroatoms. The van der Waals surface area contributed by atoms with Crippen LogP contribution in [-0.2, 0) is 0 Å². The number of amidine groups is 2. The third-order valence-corrected chi connectivity index (χ3v) is 3.57. The fraction of sp³-hybridized carbons (Fsp3) is 0.118. The lowest BCUT2D eigenvalue weighted by Gasteiger charge is -2.04. The van der Waals surface area contributed by atoms with E-state index < -0.39 is 0 Å². The summed E-state index contributed by atoms with van der Waals surface area (Å²) in [6, 6.07) is 14.1. The van der Waals surface area contributed by atoms with E-state index in [1.165, 1.54) is 0 Å². The summed E-state index contributed by atoms with van der Waals surface area (Å²) in [5.74, 6) is 1.49. The number of nitrogens with zero attached hydrogens (tertiary/aromatic N) is 3.